The van der Waals surface area contributed by atoms with Gasteiger partial charge in [-0.1, -0.05) is 49.2 Å². The van der Waals surface area contributed by atoms with E-state index in [1.807, 2.05) is 6.07 Å². The first-order valence-corrected chi connectivity index (χ1v) is 11.3. The number of benzene rings is 2. The van der Waals surface area contributed by atoms with Crippen LogP contribution >= 0.6 is 12.4 Å². The van der Waals surface area contributed by atoms with Crippen molar-refractivity contribution >= 4 is 18.4 Å². The second kappa shape index (κ2) is 8.72. The lowest BCUT2D eigenvalue weighted by Crippen LogP contribution is -2.61. The number of halogens is 1. The molecule has 3 atom stereocenters. The molecule has 2 fully saturated rings. The van der Waals surface area contributed by atoms with Crippen LogP contribution in [-0.2, 0) is 23.1 Å². The molecule has 1 saturated carbocycles. The maximum absolute atomic E-state index is 11.5. The maximum atomic E-state index is 11.5. The minimum absolute atomic E-state index is 0. The number of carbonyl (C=O) groups excluding carboxylic acids is 1. The third-order valence-electron chi connectivity index (χ3n) is 7.72. The molecule has 4 heteroatoms. The number of likely N-dealkylation sites (tertiary alicyclic amines) is 1. The second-order valence-corrected chi connectivity index (χ2v) is 9.21. The zero-order valence-corrected chi connectivity index (χ0v) is 18.6. The van der Waals surface area contributed by atoms with Crippen LogP contribution in [0, 0.1) is 5.92 Å². The molecule has 2 aromatic carbocycles. The van der Waals surface area contributed by atoms with Gasteiger partial charge >= 0.3 is 5.97 Å². The van der Waals surface area contributed by atoms with E-state index in [0.29, 0.717) is 6.04 Å². The van der Waals surface area contributed by atoms with E-state index in [4.69, 9.17) is 4.74 Å². The molecule has 2 aromatic rings. The number of piperidine rings is 1. The zero-order valence-electron chi connectivity index (χ0n) is 17.8. The SMILES string of the molecule is CC(=O)Oc1ccc2c(c1)[C@]13CCCC[C@H]1[C@H](C2)N(CCc1ccccc1)CC3.Cl. The summed E-state index contributed by atoms with van der Waals surface area (Å²) in [7, 11) is 0. The van der Waals surface area contributed by atoms with Crippen molar-refractivity contribution in [3.8, 4) is 5.75 Å². The van der Waals surface area contributed by atoms with Crippen molar-refractivity contribution < 1.29 is 9.53 Å². The summed E-state index contributed by atoms with van der Waals surface area (Å²) >= 11 is 0. The van der Waals surface area contributed by atoms with Gasteiger partial charge in [0.2, 0.25) is 0 Å². The molecule has 1 heterocycles. The Hall–Kier alpha value is -1.84. The normalized spacial score (nSPS) is 27.4. The van der Waals surface area contributed by atoms with E-state index in [2.05, 4.69) is 47.4 Å². The Morgan fingerprint density at radius 1 is 1.13 bits per heavy atom. The van der Waals surface area contributed by atoms with Crippen LogP contribution < -0.4 is 4.74 Å². The first kappa shape index (κ1) is 21.4. The number of nitrogens with zero attached hydrogens (tertiary/aromatic N) is 1. The highest BCUT2D eigenvalue weighted by Crippen LogP contribution is 2.56. The van der Waals surface area contributed by atoms with Crippen molar-refractivity contribution in [2.45, 2.75) is 63.3 Å². The number of fused-ring (bicyclic) bond motifs is 1. The minimum Gasteiger partial charge on any atom is -0.427 e. The third kappa shape index (κ3) is 3.78. The summed E-state index contributed by atoms with van der Waals surface area (Å²) in [5.74, 6) is 1.23. The Morgan fingerprint density at radius 3 is 2.77 bits per heavy atom. The fraction of sp³-hybridized carbons (Fsp3) is 0.500. The summed E-state index contributed by atoms with van der Waals surface area (Å²) in [6.45, 7) is 3.83. The average Bonchev–Trinajstić information content (AvgIpc) is 2.74. The Bertz CT molecular complexity index is 899. The first-order valence-electron chi connectivity index (χ1n) is 11.3. The van der Waals surface area contributed by atoms with Gasteiger partial charge in [-0.2, -0.15) is 0 Å². The topological polar surface area (TPSA) is 29.5 Å². The van der Waals surface area contributed by atoms with E-state index in [-0.39, 0.29) is 23.8 Å². The molecule has 0 aromatic heterocycles. The van der Waals surface area contributed by atoms with Crippen molar-refractivity contribution in [1.29, 1.82) is 0 Å². The summed E-state index contributed by atoms with van der Waals surface area (Å²) in [4.78, 5) is 14.3. The Morgan fingerprint density at radius 2 is 1.97 bits per heavy atom. The number of carbonyl (C=O) groups is 1. The minimum atomic E-state index is -0.230. The number of ether oxygens (including phenoxy) is 1. The van der Waals surface area contributed by atoms with Gasteiger partial charge in [0, 0.05) is 24.9 Å². The van der Waals surface area contributed by atoms with Gasteiger partial charge in [-0.25, -0.2) is 0 Å². The molecule has 0 unspecified atom stereocenters. The van der Waals surface area contributed by atoms with Gasteiger partial charge in [-0.15, -0.1) is 12.4 Å². The predicted molar refractivity (Wildman–Crippen MR) is 122 cm³/mol. The molecule has 3 aliphatic rings. The molecule has 3 nitrogen and oxygen atoms in total. The highest BCUT2D eigenvalue weighted by Gasteiger charge is 2.53. The van der Waals surface area contributed by atoms with Gasteiger partial charge in [0.25, 0.3) is 0 Å². The average molecular weight is 426 g/mol. The Labute approximate surface area is 186 Å². The number of hydrogen-bond donors (Lipinski definition) is 0. The summed E-state index contributed by atoms with van der Waals surface area (Å²) in [6.07, 6.45) is 8.81. The number of hydrogen-bond acceptors (Lipinski definition) is 3. The van der Waals surface area contributed by atoms with Crippen LogP contribution in [0.15, 0.2) is 48.5 Å². The lowest BCUT2D eigenvalue weighted by Gasteiger charge is -2.59. The van der Waals surface area contributed by atoms with E-state index in [1.54, 1.807) is 0 Å². The molecule has 1 saturated heterocycles. The molecule has 5 rings (SSSR count). The van der Waals surface area contributed by atoms with Crippen LogP contribution in [0.4, 0.5) is 0 Å². The molecule has 0 amide bonds. The molecule has 30 heavy (non-hydrogen) atoms. The van der Waals surface area contributed by atoms with E-state index in [9.17, 15) is 4.79 Å². The summed E-state index contributed by atoms with van der Waals surface area (Å²) in [6, 6.07) is 18.0. The molecule has 2 bridgehead atoms. The van der Waals surface area contributed by atoms with Crippen molar-refractivity contribution in [1.82, 2.24) is 4.90 Å². The molecular weight excluding hydrogens is 394 g/mol. The van der Waals surface area contributed by atoms with Crippen LogP contribution in [0.1, 0.15) is 55.7 Å². The molecule has 0 spiro atoms. The molecule has 160 valence electrons. The van der Waals surface area contributed by atoms with Crippen LogP contribution in [0.25, 0.3) is 0 Å². The molecule has 2 aliphatic carbocycles. The number of esters is 1. The van der Waals surface area contributed by atoms with Gasteiger partial charge in [0.15, 0.2) is 0 Å². The third-order valence-corrected chi connectivity index (χ3v) is 7.72. The highest BCUT2D eigenvalue weighted by atomic mass is 35.5. The van der Waals surface area contributed by atoms with Crippen LogP contribution in [-0.4, -0.2) is 30.0 Å². The molecule has 0 N–H and O–H groups in total. The smallest absolute Gasteiger partial charge is 0.308 e. The van der Waals surface area contributed by atoms with E-state index < -0.39 is 0 Å². The van der Waals surface area contributed by atoms with Crippen molar-refractivity contribution in [2.75, 3.05) is 13.1 Å². The molecule has 0 radical (unpaired) electrons. The van der Waals surface area contributed by atoms with E-state index >= 15 is 0 Å². The first-order chi connectivity index (χ1) is 14.2. The Kier molecular flexibility index (Phi) is 6.22. The summed E-state index contributed by atoms with van der Waals surface area (Å²) < 4.78 is 5.45. The van der Waals surface area contributed by atoms with Crippen molar-refractivity contribution in [3.63, 3.8) is 0 Å². The number of rotatable bonds is 4. The van der Waals surface area contributed by atoms with Gasteiger partial charge in [0.1, 0.15) is 5.75 Å². The molecular formula is C26H32ClNO2. The zero-order chi connectivity index (χ0) is 19.8. The van der Waals surface area contributed by atoms with Gasteiger partial charge in [-0.05, 0) is 73.4 Å². The standard InChI is InChI=1S/C26H31NO2.ClH/c1-19(28)29-22-11-10-21-17-25-23-9-5-6-13-26(23,24(21)18-22)14-16-27(25)15-12-20-7-3-2-4-8-20;/h2-4,7-8,10-11,18,23,25H,5-6,9,12-17H2,1H3;1H/t23-,25-,26-;/m0./s1. The summed E-state index contributed by atoms with van der Waals surface area (Å²) in [5, 5.41) is 0. The van der Waals surface area contributed by atoms with Crippen molar-refractivity contribution in [3.05, 3.63) is 65.2 Å². The lowest BCUT2D eigenvalue weighted by molar-refractivity contribution is -0.131. The maximum Gasteiger partial charge on any atom is 0.308 e. The van der Waals surface area contributed by atoms with Gasteiger partial charge in [0.05, 0.1) is 0 Å². The van der Waals surface area contributed by atoms with Crippen molar-refractivity contribution in [2.24, 2.45) is 5.92 Å². The quantitative estimate of drug-likeness (QED) is 0.489. The van der Waals surface area contributed by atoms with Crippen LogP contribution in [0.3, 0.4) is 0 Å². The lowest BCUT2D eigenvalue weighted by atomic mass is 9.52. The van der Waals surface area contributed by atoms with Gasteiger partial charge in [-0.3, -0.25) is 9.69 Å². The van der Waals surface area contributed by atoms with E-state index in [1.165, 1.54) is 62.3 Å². The van der Waals surface area contributed by atoms with Crippen LogP contribution in [0.5, 0.6) is 5.75 Å². The largest absolute Gasteiger partial charge is 0.427 e. The fourth-order valence-electron chi connectivity index (χ4n) is 6.49. The fourth-order valence-corrected chi connectivity index (χ4v) is 6.49. The monoisotopic (exact) mass is 425 g/mol. The summed E-state index contributed by atoms with van der Waals surface area (Å²) in [5.41, 5.74) is 4.69. The molecule has 1 aliphatic heterocycles. The van der Waals surface area contributed by atoms with Crippen LogP contribution in [0.2, 0.25) is 0 Å². The second-order valence-electron chi connectivity index (χ2n) is 9.21. The van der Waals surface area contributed by atoms with E-state index in [0.717, 1.165) is 31.1 Å². The highest BCUT2D eigenvalue weighted by molar-refractivity contribution is 5.85. The predicted octanol–water partition coefficient (Wildman–Crippen LogP) is 5.33. The Balaban J connectivity index is 0.00000218. The van der Waals surface area contributed by atoms with Gasteiger partial charge < -0.3 is 4.74 Å².